The monoisotopic (exact) mass is 237 g/mol. The molecule has 1 unspecified atom stereocenters. The van der Waals surface area contributed by atoms with Crippen LogP contribution in [0.4, 0.5) is 13.2 Å². The van der Waals surface area contributed by atoms with E-state index in [9.17, 15) is 18.0 Å². The molecule has 0 aliphatic carbocycles. The lowest BCUT2D eigenvalue weighted by atomic mass is 9.96. The van der Waals surface area contributed by atoms with E-state index in [4.69, 9.17) is 0 Å². The summed E-state index contributed by atoms with van der Waals surface area (Å²) in [6.45, 7) is 4.28. The summed E-state index contributed by atoms with van der Waals surface area (Å²) in [6, 6.07) is 0. The summed E-state index contributed by atoms with van der Waals surface area (Å²) >= 11 is 0. The summed E-state index contributed by atoms with van der Waals surface area (Å²) in [5.74, 6) is -1.35. The highest BCUT2D eigenvalue weighted by Gasteiger charge is 2.41. The van der Waals surface area contributed by atoms with Gasteiger partial charge in [-0.25, -0.2) is 0 Å². The van der Waals surface area contributed by atoms with Crippen molar-refractivity contribution in [2.45, 2.75) is 32.9 Å². The highest BCUT2D eigenvalue weighted by molar-refractivity contribution is 5.82. The van der Waals surface area contributed by atoms with E-state index < -0.39 is 12.1 Å². The van der Waals surface area contributed by atoms with Gasteiger partial charge in [0.05, 0.1) is 12.5 Å². The smallest absolute Gasteiger partial charge is 0.298 e. The molecule has 0 aromatic carbocycles. The second-order valence-corrected chi connectivity index (χ2v) is 4.74. The van der Waals surface area contributed by atoms with Gasteiger partial charge in [-0.05, 0) is 19.4 Å². The fourth-order valence-electron chi connectivity index (χ4n) is 1.87. The van der Waals surface area contributed by atoms with Crippen molar-refractivity contribution in [2.75, 3.05) is 19.6 Å². The van der Waals surface area contributed by atoms with Gasteiger partial charge in [0.1, 0.15) is 5.78 Å². The van der Waals surface area contributed by atoms with Crippen LogP contribution < -0.4 is 0 Å². The van der Waals surface area contributed by atoms with Crippen LogP contribution in [0.5, 0.6) is 0 Å². The second-order valence-electron chi connectivity index (χ2n) is 4.74. The maximum Gasteiger partial charge on any atom is 0.393 e. The molecule has 1 saturated heterocycles. The Bertz CT molecular complexity index is 250. The molecule has 2 nitrogen and oxygen atoms in total. The van der Waals surface area contributed by atoms with E-state index in [1.54, 1.807) is 18.7 Å². The van der Waals surface area contributed by atoms with Crippen LogP contribution in [0.25, 0.3) is 0 Å². The Morgan fingerprint density at radius 3 is 2.56 bits per heavy atom. The van der Waals surface area contributed by atoms with Crippen molar-refractivity contribution in [1.29, 1.82) is 0 Å². The number of carbonyl (C=O) groups excluding carboxylic acids is 1. The zero-order valence-electron chi connectivity index (χ0n) is 9.68. The molecule has 5 heteroatoms. The third kappa shape index (κ3) is 3.77. The molecule has 0 aromatic rings. The van der Waals surface area contributed by atoms with Crippen LogP contribution in [-0.4, -0.2) is 36.5 Å². The lowest BCUT2D eigenvalue weighted by molar-refractivity contribution is -0.187. The molecule has 1 aliphatic heterocycles. The van der Waals surface area contributed by atoms with Crippen molar-refractivity contribution in [3.8, 4) is 0 Å². The minimum Gasteiger partial charge on any atom is -0.298 e. The zero-order chi connectivity index (χ0) is 12.3. The van der Waals surface area contributed by atoms with Gasteiger partial charge in [0.25, 0.3) is 0 Å². The van der Waals surface area contributed by atoms with Gasteiger partial charge in [-0.1, -0.05) is 13.8 Å². The van der Waals surface area contributed by atoms with Gasteiger partial charge >= 0.3 is 6.18 Å². The molecule has 0 spiro atoms. The number of rotatable bonds is 3. The van der Waals surface area contributed by atoms with E-state index in [2.05, 4.69) is 0 Å². The molecule has 0 amide bonds. The normalized spacial score (nSPS) is 23.8. The van der Waals surface area contributed by atoms with Crippen molar-refractivity contribution in [3.05, 3.63) is 0 Å². The molecule has 1 atom stereocenters. The molecule has 16 heavy (non-hydrogen) atoms. The first-order chi connectivity index (χ1) is 7.30. The maximum absolute atomic E-state index is 12.5. The largest absolute Gasteiger partial charge is 0.393 e. The number of piperidine rings is 1. The van der Waals surface area contributed by atoms with Crippen LogP contribution in [0.1, 0.15) is 26.7 Å². The average molecular weight is 237 g/mol. The van der Waals surface area contributed by atoms with Gasteiger partial charge < -0.3 is 0 Å². The van der Waals surface area contributed by atoms with Gasteiger partial charge in [0, 0.05) is 12.5 Å². The van der Waals surface area contributed by atoms with Crippen molar-refractivity contribution < 1.29 is 18.0 Å². The molecule has 0 N–H and O–H groups in total. The minimum absolute atomic E-state index is 0.0165. The number of hydrogen-bond acceptors (Lipinski definition) is 2. The summed E-state index contributed by atoms with van der Waals surface area (Å²) in [4.78, 5) is 13.1. The van der Waals surface area contributed by atoms with Crippen LogP contribution >= 0.6 is 0 Å². The molecule has 1 rings (SSSR count). The molecule has 0 aromatic heterocycles. The average Bonchev–Trinajstić information content (AvgIpc) is 2.16. The fourth-order valence-corrected chi connectivity index (χ4v) is 1.87. The van der Waals surface area contributed by atoms with Gasteiger partial charge in [0.15, 0.2) is 0 Å². The Hall–Kier alpha value is -0.580. The Morgan fingerprint density at radius 2 is 2.06 bits per heavy atom. The molecule has 94 valence electrons. The Labute approximate surface area is 93.8 Å². The van der Waals surface area contributed by atoms with Crippen LogP contribution in [0.2, 0.25) is 0 Å². The van der Waals surface area contributed by atoms with E-state index in [0.29, 0.717) is 13.0 Å². The van der Waals surface area contributed by atoms with Crippen LogP contribution in [0.15, 0.2) is 0 Å². The first-order valence-corrected chi connectivity index (χ1v) is 5.62. The lowest BCUT2D eigenvalue weighted by Crippen LogP contribution is -2.44. The highest BCUT2D eigenvalue weighted by Crippen LogP contribution is 2.32. The van der Waals surface area contributed by atoms with Gasteiger partial charge in [-0.15, -0.1) is 0 Å². The quantitative estimate of drug-likeness (QED) is 0.751. The number of alkyl halides is 3. The number of ketones is 1. The molecular weight excluding hydrogens is 219 g/mol. The predicted molar refractivity (Wildman–Crippen MR) is 55.1 cm³/mol. The molecule has 1 heterocycles. The number of Topliss-reactive ketones (excluding diaryl/α,β-unsaturated/α-hetero) is 1. The number of likely N-dealkylation sites (tertiary alicyclic amines) is 1. The number of halogens is 3. The molecular formula is C11H18F3NO. The molecule has 1 fully saturated rings. The fraction of sp³-hybridized carbons (Fsp3) is 0.909. The number of nitrogens with zero attached hydrogens (tertiary/aromatic N) is 1. The van der Waals surface area contributed by atoms with Gasteiger partial charge in [-0.3, -0.25) is 9.69 Å². The van der Waals surface area contributed by atoms with E-state index in [1.165, 1.54) is 0 Å². The summed E-state index contributed by atoms with van der Waals surface area (Å²) in [5, 5.41) is 0. The minimum atomic E-state index is -4.13. The zero-order valence-corrected chi connectivity index (χ0v) is 9.68. The first kappa shape index (κ1) is 13.5. The van der Waals surface area contributed by atoms with Gasteiger partial charge in [-0.2, -0.15) is 13.2 Å². The highest BCUT2D eigenvalue weighted by atomic mass is 19.4. The first-order valence-electron chi connectivity index (χ1n) is 5.62. The third-order valence-electron chi connectivity index (χ3n) is 2.99. The van der Waals surface area contributed by atoms with E-state index >= 15 is 0 Å². The van der Waals surface area contributed by atoms with E-state index in [1.807, 2.05) is 0 Å². The third-order valence-corrected chi connectivity index (χ3v) is 2.99. The van der Waals surface area contributed by atoms with E-state index in [-0.39, 0.29) is 31.2 Å². The summed E-state index contributed by atoms with van der Waals surface area (Å²) in [6.07, 6.45) is -3.41. The molecule has 0 saturated carbocycles. The number of carbonyl (C=O) groups is 1. The van der Waals surface area contributed by atoms with Crippen LogP contribution in [-0.2, 0) is 4.79 Å². The van der Waals surface area contributed by atoms with Gasteiger partial charge in [0.2, 0.25) is 0 Å². The Balaban J connectivity index is 2.48. The topological polar surface area (TPSA) is 20.3 Å². The van der Waals surface area contributed by atoms with Crippen LogP contribution in [0, 0.1) is 11.8 Å². The van der Waals surface area contributed by atoms with Crippen molar-refractivity contribution in [3.63, 3.8) is 0 Å². The molecule has 0 radical (unpaired) electrons. The summed E-state index contributed by atoms with van der Waals surface area (Å²) < 4.78 is 37.5. The van der Waals surface area contributed by atoms with Crippen molar-refractivity contribution >= 4 is 5.78 Å². The Kier molecular flexibility index (Phi) is 4.35. The predicted octanol–water partition coefficient (Wildman–Crippen LogP) is 2.49. The summed E-state index contributed by atoms with van der Waals surface area (Å²) in [7, 11) is 0. The molecule has 0 bridgehead atoms. The SMILES string of the molecule is CC(C)C(=O)CN1CCCC(C(F)(F)F)C1. The maximum atomic E-state index is 12.5. The standard InChI is InChI=1S/C11H18F3NO/c1-8(2)10(16)7-15-5-3-4-9(6-15)11(12,13)14/h8-9H,3-7H2,1-2H3. The van der Waals surface area contributed by atoms with E-state index in [0.717, 1.165) is 0 Å². The summed E-state index contributed by atoms with van der Waals surface area (Å²) in [5.41, 5.74) is 0. The van der Waals surface area contributed by atoms with Crippen molar-refractivity contribution in [1.82, 2.24) is 4.90 Å². The number of hydrogen-bond donors (Lipinski definition) is 0. The lowest BCUT2D eigenvalue weighted by Gasteiger charge is -2.33. The second kappa shape index (κ2) is 5.17. The Morgan fingerprint density at radius 1 is 1.44 bits per heavy atom. The van der Waals surface area contributed by atoms with Crippen LogP contribution in [0.3, 0.4) is 0 Å². The van der Waals surface area contributed by atoms with Crippen molar-refractivity contribution in [2.24, 2.45) is 11.8 Å². The molecule has 1 aliphatic rings.